The van der Waals surface area contributed by atoms with Gasteiger partial charge in [-0.1, -0.05) is 13.8 Å². The minimum absolute atomic E-state index is 0.0372. The summed E-state index contributed by atoms with van der Waals surface area (Å²) >= 11 is 0. The lowest BCUT2D eigenvalue weighted by Gasteiger charge is -2.46. The number of hydrogen-bond acceptors (Lipinski definition) is 4. The Morgan fingerprint density at radius 3 is 2.52 bits per heavy atom. The summed E-state index contributed by atoms with van der Waals surface area (Å²) in [6.45, 7) is 4.42. The first-order valence-corrected chi connectivity index (χ1v) is 9.07. The van der Waals surface area contributed by atoms with Crippen LogP contribution in [0.5, 0.6) is 0 Å². The zero-order valence-corrected chi connectivity index (χ0v) is 13.0. The van der Waals surface area contributed by atoms with E-state index in [0.717, 1.165) is 11.8 Å². The average Bonchev–Trinajstić information content (AvgIpc) is 2.99. The van der Waals surface area contributed by atoms with Crippen LogP contribution in [-0.4, -0.2) is 60.5 Å². The number of sulfone groups is 1. The highest BCUT2D eigenvalue weighted by Crippen LogP contribution is 2.32. The minimum Gasteiger partial charge on any atom is -0.329 e. The van der Waals surface area contributed by atoms with Crippen LogP contribution in [0.2, 0.25) is 0 Å². The SMILES string of the molecule is CC(C)C1C(=O)N2CCCC2C(=O)N1C1C=CS(=O)(=O)C1. The van der Waals surface area contributed by atoms with Crippen molar-refractivity contribution in [2.45, 2.75) is 44.8 Å². The van der Waals surface area contributed by atoms with Crippen LogP contribution in [0, 0.1) is 5.92 Å². The standard InChI is InChI=1S/C14H20N2O4S/c1-9(2)12-14(18)15-6-3-4-11(15)13(17)16(12)10-5-7-21(19,20)8-10/h5,7,9-12H,3-4,6,8H2,1-2H3. The van der Waals surface area contributed by atoms with Gasteiger partial charge in [-0.2, -0.15) is 0 Å². The predicted octanol–water partition coefficient (Wildman–Crippen LogP) is 0.155. The van der Waals surface area contributed by atoms with E-state index < -0.39 is 28.0 Å². The zero-order valence-electron chi connectivity index (χ0n) is 12.2. The van der Waals surface area contributed by atoms with E-state index in [2.05, 4.69) is 0 Å². The number of amides is 2. The molecular formula is C14H20N2O4S. The maximum absolute atomic E-state index is 12.8. The summed E-state index contributed by atoms with van der Waals surface area (Å²) in [5, 5.41) is 1.16. The summed E-state index contributed by atoms with van der Waals surface area (Å²) in [6.07, 6.45) is 3.05. The van der Waals surface area contributed by atoms with Crippen molar-refractivity contribution in [3.8, 4) is 0 Å². The number of fused-ring (bicyclic) bond motifs is 1. The second-order valence-electron chi connectivity index (χ2n) is 6.35. The molecule has 0 aromatic rings. The molecule has 21 heavy (non-hydrogen) atoms. The van der Waals surface area contributed by atoms with E-state index in [1.165, 1.54) is 4.90 Å². The lowest BCUT2D eigenvalue weighted by molar-refractivity contribution is -0.162. The largest absolute Gasteiger partial charge is 0.329 e. The molecular weight excluding hydrogens is 292 g/mol. The quantitative estimate of drug-likeness (QED) is 0.728. The maximum atomic E-state index is 12.8. The van der Waals surface area contributed by atoms with Gasteiger partial charge in [0.2, 0.25) is 11.8 Å². The van der Waals surface area contributed by atoms with Gasteiger partial charge in [-0.05, 0) is 24.8 Å². The molecule has 7 heteroatoms. The number of carbonyl (C=O) groups is 2. The number of piperazine rings is 1. The van der Waals surface area contributed by atoms with Crippen LogP contribution in [0.4, 0.5) is 0 Å². The molecule has 0 aromatic heterocycles. The Bertz CT molecular complexity index is 610. The highest BCUT2D eigenvalue weighted by molar-refractivity contribution is 7.94. The van der Waals surface area contributed by atoms with E-state index >= 15 is 0 Å². The van der Waals surface area contributed by atoms with Gasteiger partial charge in [0.1, 0.15) is 12.1 Å². The molecule has 0 radical (unpaired) electrons. The van der Waals surface area contributed by atoms with Gasteiger partial charge in [-0.25, -0.2) is 8.42 Å². The molecule has 3 atom stereocenters. The van der Waals surface area contributed by atoms with Crippen molar-refractivity contribution < 1.29 is 18.0 Å². The molecule has 3 aliphatic rings. The molecule has 2 fully saturated rings. The molecule has 3 aliphatic heterocycles. The van der Waals surface area contributed by atoms with E-state index in [-0.39, 0.29) is 23.5 Å². The molecule has 3 unspecified atom stereocenters. The Hall–Kier alpha value is -1.37. The topological polar surface area (TPSA) is 74.8 Å². The summed E-state index contributed by atoms with van der Waals surface area (Å²) in [5.41, 5.74) is 0. The van der Waals surface area contributed by atoms with Crippen molar-refractivity contribution >= 4 is 21.7 Å². The van der Waals surface area contributed by atoms with Gasteiger partial charge >= 0.3 is 0 Å². The first kappa shape index (κ1) is 14.6. The molecule has 0 aliphatic carbocycles. The molecule has 0 N–H and O–H groups in total. The van der Waals surface area contributed by atoms with Crippen molar-refractivity contribution in [3.63, 3.8) is 0 Å². The molecule has 116 valence electrons. The third-order valence-corrected chi connectivity index (χ3v) is 5.91. The second-order valence-corrected chi connectivity index (χ2v) is 8.28. The Kier molecular flexibility index (Phi) is 3.35. The summed E-state index contributed by atoms with van der Waals surface area (Å²) < 4.78 is 23.3. The highest BCUT2D eigenvalue weighted by atomic mass is 32.2. The van der Waals surface area contributed by atoms with Crippen LogP contribution in [0.25, 0.3) is 0 Å². The van der Waals surface area contributed by atoms with Gasteiger partial charge in [0, 0.05) is 12.0 Å². The van der Waals surface area contributed by atoms with Crippen LogP contribution < -0.4 is 0 Å². The molecule has 0 aromatic carbocycles. The number of nitrogens with zero attached hydrogens (tertiary/aromatic N) is 2. The molecule has 2 amide bonds. The maximum Gasteiger partial charge on any atom is 0.246 e. The molecule has 0 saturated carbocycles. The van der Waals surface area contributed by atoms with Gasteiger partial charge in [-0.15, -0.1) is 0 Å². The fourth-order valence-corrected chi connectivity index (χ4v) is 4.87. The Labute approximate surface area is 124 Å². The van der Waals surface area contributed by atoms with Gasteiger partial charge in [0.25, 0.3) is 0 Å². The molecule has 2 saturated heterocycles. The monoisotopic (exact) mass is 312 g/mol. The molecule has 0 spiro atoms. The van der Waals surface area contributed by atoms with Crippen molar-refractivity contribution in [3.05, 3.63) is 11.5 Å². The fraction of sp³-hybridized carbons (Fsp3) is 0.714. The van der Waals surface area contributed by atoms with Crippen LogP contribution in [-0.2, 0) is 19.4 Å². The average molecular weight is 312 g/mol. The normalized spacial score (nSPS) is 34.9. The van der Waals surface area contributed by atoms with Crippen LogP contribution in [0.3, 0.4) is 0 Å². The van der Waals surface area contributed by atoms with E-state index in [0.29, 0.717) is 13.0 Å². The third-order valence-electron chi connectivity index (χ3n) is 4.53. The highest BCUT2D eigenvalue weighted by Gasteiger charge is 2.51. The lowest BCUT2D eigenvalue weighted by Crippen LogP contribution is -2.66. The van der Waals surface area contributed by atoms with Crippen molar-refractivity contribution in [1.82, 2.24) is 9.80 Å². The van der Waals surface area contributed by atoms with Crippen LogP contribution in [0.1, 0.15) is 26.7 Å². The van der Waals surface area contributed by atoms with E-state index in [1.807, 2.05) is 13.8 Å². The van der Waals surface area contributed by atoms with Crippen molar-refractivity contribution in [2.24, 2.45) is 5.92 Å². The summed E-state index contributed by atoms with van der Waals surface area (Å²) in [5.74, 6) is -0.288. The second kappa shape index (κ2) is 4.83. The lowest BCUT2D eigenvalue weighted by atomic mass is 9.94. The summed E-state index contributed by atoms with van der Waals surface area (Å²) in [6, 6.07) is -1.47. The predicted molar refractivity (Wildman–Crippen MR) is 76.9 cm³/mol. The number of rotatable bonds is 2. The van der Waals surface area contributed by atoms with Crippen LogP contribution in [0.15, 0.2) is 11.5 Å². The first-order valence-electron chi connectivity index (χ1n) is 7.35. The molecule has 0 bridgehead atoms. The Morgan fingerprint density at radius 2 is 1.95 bits per heavy atom. The number of carbonyl (C=O) groups excluding carboxylic acids is 2. The fourth-order valence-electron chi connectivity index (χ4n) is 3.59. The summed E-state index contributed by atoms with van der Waals surface area (Å²) in [7, 11) is -3.26. The number of hydrogen-bond donors (Lipinski definition) is 0. The minimum atomic E-state index is -3.26. The molecule has 3 rings (SSSR count). The Balaban J connectivity index is 1.97. The van der Waals surface area contributed by atoms with Crippen molar-refractivity contribution in [2.75, 3.05) is 12.3 Å². The van der Waals surface area contributed by atoms with Gasteiger partial charge in [0.15, 0.2) is 9.84 Å². The summed E-state index contributed by atoms with van der Waals surface area (Å²) in [4.78, 5) is 28.7. The third kappa shape index (κ3) is 2.27. The van der Waals surface area contributed by atoms with E-state index in [1.54, 1.807) is 11.0 Å². The smallest absolute Gasteiger partial charge is 0.246 e. The van der Waals surface area contributed by atoms with Gasteiger partial charge < -0.3 is 9.80 Å². The molecule has 6 nitrogen and oxygen atoms in total. The van der Waals surface area contributed by atoms with Crippen molar-refractivity contribution in [1.29, 1.82) is 0 Å². The van der Waals surface area contributed by atoms with Crippen LogP contribution >= 0.6 is 0 Å². The van der Waals surface area contributed by atoms with Gasteiger partial charge in [-0.3, -0.25) is 9.59 Å². The zero-order chi connectivity index (χ0) is 15.4. The van der Waals surface area contributed by atoms with Gasteiger partial charge in [0.05, 0.1) is 11.8 Å². The van der Waals surface area contributed by atoms with E-state index in [4.69, 9.17) is 0 Å². The molecule has 3 heterocycles. The first-order chi connectivity index (χ1) is 9.82. The Morgan fingerprint density at radius 1 is 1.24 bits per heavy atom. The van der Waals surface area contributed by atoms with E-state index in [9.17, 15) is 18.0 Å².